The molecular formula is C18H24N4OS. The number of nitrogens with one attached hydrogen (secondary N) is 1. The van der Waals surface area contributed by atoms with Crippen LogP contribution in [0.1, 0.15) is 38.7 Å². The second kappa shape index (κ2) is 7.83. The smallest absolute Gasteiger partial charge is 0.235 e. The lowest BCUT2D eigenvalue weighted by Crippen LogP contribution is -2.40. The number of piperidine rings is 1. The molecule has 2 aromatic rings. The highest BCUT2D eigenvalue weighted by molar-refractivity contribution is 8.00. The fraction of sp³-hybridized carbons (Fsp3) is 0.500. The average Bonchev–Trinajstić information content (AvgIpc) is 3.10. The summed E-state index contributed by atoms with van der Waals surface area (Å²) in [7, 11) is 0. The molecule has 0 aliphatic carbocycles. The number of amides is 1. The van der Waals surface area contributed by atoms with Crippen LogP contribution >= 0.6 is 11.8 Å². The van der Waals surface area contributed by atoms with E-state index in [1.54, 1.807) is 0 Å². The van der Waals surface area contributed by atoms with Crippen molar-refractivity contribution in [2.45, 2.75) is 49.9 Å². The molecule has 1 atom stereocenters. The predicted octanol–water partition coefficient (Wildman–Crippen LogP) is 3.53. The third kappa shape index (κ3) is 3.98. The second-order valence-corrected chi connectivity index (χ2v) is 7.47. The molecule has 0 radical (unpaired) electrons. The van der Waals surface area contributed by atoms with Crippen molar-refractivity contribution in [3.05, 3.63) is 29.8 Å². The molecule has 5 nitrogen and oxygen atoms in total. The van der Waals surface area contributed by atoms with Crippen molar-refractivity contribution < 1.29 is 4.79 Å². The number of aryl methyl sites for hydroxylation is 1. The third-order valence-corrected chi connectivity index (χ3v) is 5.35. The zero-order valence-electron chi connectivity index (χ0n) is 14.3. The first kappa shape index (κ1) is 17.0. The van der Waals surface area contributed by atoms with Crippen LogP contribution in [-0.2, 0) is 11.2 Å². The van der Waals surface area contributed by atoms with Gasteiger partial charge in [-0.15, -0.1) is 5.10 Å². The van der Waals surface area contributed by atoms with Gasteiger partial charge in [-0.25, -0.2) is 4.98 Å². The number of thioether (sulfide) groups is 1. The largest absolute Gasteiger partial charge is 0.342 e. The number of benzene rings is 1. The fourth-order valence-corrected chi connectivity index (χ4v) is 3.71. The van der Waals surface area contributed by atoms with Crippen molar-refractivity contribution in [1.82, 2.24) is 20.1 Å². The fourth-order valence-electron chi connectivity index (χ4n) is 2.91. The van der Waals surface area contributed by atoms with Gasteiger partial charge in [-0.1, -0.05) is 43.0 Å². The third-order valence-electron chi connectivity index (χ3n) is 4.40. The lowest BCUT2D eigenvalue weighted by molar-refractivity contribution is -0.131. The molecule has 2 heterocycles. The van der Waals surface area contributed by atoms with Crippen LogP contribution in [0, 0.1) is 0 Å². The zero-order chi connectivity index (χ0) is 16.9. The molecule has 128 valence electrons. The van der Waals surface area contributed by atoms with Crippen LogP contribution in [-0.4, -0.2) is 44.3 Å². The summed E-state index contributed by atoms with van der Waals surface area (Å²) in [6, 6.07) is 8.31. The molecule has 0 saturated carbocycles. The van der Waals surface area contributed by atoms with Gasteiger partial charge in [-0.2, -0.15) is 0 Å². The van der Waals surface area contributed by atoms with E-state index in [1.165, 1.54) is 23.7 Å². The van der Waals surface area contributed by atoms with Gasteiger partial charge in [0.05, 0.1) is 5.25 Å². The van der Waals surface area contributed by atoms with Crippen LogP contribution in [0.5, 0.6) is 0 Å². The molecule has 6 heteroatoms. The van der Waals surface area contributed by atoms with Gasteiger partial charge in [0.25, 0.3) is 0 Å². The summed E-state index contributed by atoms with van der Waals surface area (Å²) in [4.78, 5) is 19.0. The molecule has 1 aliphatic rings. The lowest BCUT2D eigenvalue weighted by Gasteiger charge is -2.28. The number of aromatic nitrogens is 3. The van der Waals surface area contributed by atoms with Gasteiger partial charge in [-0.05, 0) is 38.2 Å². The van der Waals surface area contributed by atoms with Gasteiger partial charge < -0.3 is 4.90 Å². The number of carbonyl (C=O) groups is 1. The summed E-state index contributed by atoms with van der Waals surface area (Å²) >= 11 is 1.42. The number of aromatic amines is 1. The molecule has 0 unspecified atom stereocenters. The zero-order valence-corrected chi connectivity index (χ0v) is 15.1. The number of hydrogen-bond donors (Lipinski definition) is 1. The van der Waals surface area contributed by atoms with Gasteiger partial charge in [0.2, 0.25) is 11.1 Å². The Kier molecular flexibility index (Phi) is 5.56. The van der Waals surface area contributed by atoms with Crippen molar-refractivity contribution in [2.24, 2.45) is 0 Å². The minimum atomic E-state index is -0.158. The van der Waals surface area contributed by atoms with E-state index >= 15 is 0 Å². The Morgan fingerprint density at radius 1 is 1.25 bits per heavy atom. The molecule has 1 N–H and O–H groups in total. The lowest BCUT2D eigenvalue weighted by atomic mass is 10.1. The predicted molar refractivity (Wildman–Crippen MR) is 96.9 cm³/mol. The van der Waals surface area contributed by atoms with E-state index in [1.807, 2.05) is 11.8 Å². The molecule has 1 aromatic heterocycles. The van der Waals surface area contributed by atoms with Gasteiger partial charge in [0, 0.05) is 18.7 Å². The van der Waals surface area contributed by atoms with E-state index in [9.17, 15) is 4.79 Å². The number of carbonyl (C=O) groups excluding carboxylic acids is 1. The Bertz CT molecular complexity index is 677. The number of hydrogen-bond acceptors (Lipinski definition) is 4. The van der Waals surface area contributed by atoms with Crippen molar-refractivity contribution >= 4 is 17.7 Å². The van der Waals surface area contributed by atoms with Crippen LogP contribution < -0.4 is 0 Å². The molecule has 1 aromatic carbocycles. The summed E-state index contributed by atoms with van der Waals surface area (Å²) < 4.78 is 0. The first-order chi connectivity index (χ1) is 11.7. The Balaban J connectivity index is 1.63. The topological polar surface area (TPSA) is 61.9 Å². The summed E-state index contributed by atoms with van der Waals surface area (Å²) in [6.07, 6.45) is 4.48. The first-order valence-electron chi connectivity index (χ1n) is 8.64. The van der Waals surface area contributed by atoms with E-state index in [4.69, 9.17) is 0 Å². The monoisotopic (exact) mass is 344 g/mol. The maximum atomic E-state index is 12.5. The maximum absolute atomic E-state index is 12.5. The van der Waals surface area contributed by atoms with E-state index in [0.717, 1.165) is 43.7 Å². The van der Waals surface area contributed by atoms with Crippen molar-refractivity contribution in [1.29, 1.82) is 0 Å². The summed E-state index contributed by atoms with van der Waals surface area (Å²) in [5.41, 5.74) is 2.31. The van der Waals surface area contributed by atoms with Gasteiger partial charge in [-0.3, -0.25) is 9.89 Å². The second-order valence-electron chi connectivity index (χ2n) is 6.16. The molecule has 3 rings (SSSR count). The van der Waals surface area contributed by atoms with E-state index in [2.05, 4.69) is 46.4 Å². The van der Waals surface area contributed by atoms with Gasteiger partial charge >= 0.3 is 0 Å². The normalized spacial score (nSPS) is 16.2. The van der Waals surface area contributed by atoms with Crippen LogP contribution in [0.25, 0.3) is 11.4 Å². The minimum absolute atomic E-state index is 0.158. The van der Waals surface area contributed by atoms with E-state index < -0.39 is 0 Å². The summed E-state index contributed by atoms with van der Waals surface area (Å²) in [5, 5.41) is 7.70. The van der Waals surface area contributed by atoms with Crippen molar-refractivity contribution in [3.8, 4) is 11.4 Å². The Labute approximate surface area is 147 Å². The molecular weight excluding hydrogens is 320 g/mol. The van der Waals surface area contributed by atoms with E-state index in [0.29, 0.717) is 5.16 Å². The standard InChI is InChI=1S/C18H24N4OS/c1-3-14-7-9-15(10-8-14)16-19-18(21-20-16)24-13(2)17(23)22-11-5-4-6-12-22/h7-10,13H,3-6,11-12H2,1-2H3,(H,19,20,21)/t13-/m1/s1. The average molecular weight is 344 g/mol. The highest BCUT2D eigenvalue weighted by atomic mass is 32.2. The summed E-state index contributed by atoms with van der Waals surface area (Å²) in [6.45, 7) is 5.84. The van der Waals surface area contributed by atoms with Crippen LogP contribution in [0.3, 0.4) is 0 Å². The maximum Gasteiger partial charge on any atom is 0.235 e. The highest BCUT2D eigenvalue weighted by Gasteiger charge is 2.24. The quantitative estimate of drug-likeness (QED) is 0.843. The molecule has 1 aliphatic heterocycles. The van der Waals surface area contributed by atoms with Crippen molar-refractivity contribution in [3.63, 3.8) is 0 Å². The molecule has 1 fully saturated rings. The molecule has 0 bridgehead atoms. The van der Waals surface area contributed by atoms with Gasteiger partial charge in [0.15, 0.2) is 5.82 Å². The molecule has 0 spiro atoms. The summed E-state index contributed by atoms with van der Waals surface area (Å²) in [5.74, 6) is 0.941. The Morgan fingerprint density at radius 3 is 2.62 bits per heavy atom. The van der Waals surface area contributed by atoms with E-state index in [-0.39, 0.29) is 11.2 Å². The Morgan fingerprint density at radius 2 is 1.96 bits per heavy atom. The Hall–Kier alpha value is -1.82. The SMILES string of the molecule is CCc1ccc(-c2nc(S[C@H](C)C(=O)N3CCCCC3)n[nH]2)cc1. The van der Waals surface area contributed by atoms with Crippen molar-refractivity contribution in [2.75, 3.05) is 13.1 Å². The highest BCUT2D eigenvalue weighted by Crippen LogP contribution is 2.25. The van der Waals surface area contributed by atoms with Crippen LogP contribution in [0.15, 0.2) is 29.4 Å². The molecule has 1 amide bonds. The number of nitrogens with zero attached hydrogens (tertiary/aromatic N) is 3. The number of H-pyrrole nitrogens is 1. The minimum Gasteiger partial charge on any atom is -0.342 e. The first-order valence-corrected chi connectivity index (χ1v) is 9.52. The number of likely N-dealkylation sites (tertiary alicyclic amines) is 1. The molecule has 24 heavy (non-hydrogen) atoms. The van der Waals surface area contributed by atoms with Crippen LogP contribution in [0.4, 0.5) is 0 Å². The van der Waals surface area contributed by atoms with Crippen LogP contribution in [0.2, 0.25) is 0 Å². The number of rotatable bonds is 5. The molecule has 1 saturated heterocycles. The van der Waals surface area contributed by atoms with Gasteiger partial charge in [0.1, 0.15) is 0 Å².